The van der Waals surface area contributed by atoms with E-state index in [4.69, 9.17) is 0 Å². The molecule has 1 heterocycles. The van der Waals surface area contributed by atoms with Crippen molar-refractivity contribution in [2.45, 2.75) is 72.3 Å². The van der Waals surface area contributed by atoms with E-state index in [1.165, 1.54) is 45.1 Å². The maximum absolute atomic E-state index is 3.75. The van der Waals surface area contributed by atoms with E-state index in [0.717, 1.165) is 29.2 Å². The predicted octanol–water partition coefficient (Wildman–Crippen LogP) is 4.23. The Morgan fingerprint density at radius 1 is 1.06 bits per heavy atom. The average molecular weight is 237 g/mol. The molecule has 3 atom stereocenters. The second-order valence-corrected chi connectivity index (χ2v) is 7.46. The van der Waals surface area contributed by atoms with Crippen molar-refractivity contribution in [3.8, 4) is 0 Å². The third-order valence-electron chi connectivity index (χ3n) is 5.08. The number of hydrogen-bond donors (Lipinski definition) is 1. The molecule has 0 aromatic carbocycles. The minimum Gasteiger partial charge on any atom is -0.314 e. The van der Waals surface area contributed by atoms with Gasteiger partial charge in [-0.15, -0.1) is 0 Å². The summed E-state index contributed by atoms with van der Waals surface area (Å²) < 4.78 is 0. The maximum atomic E-state index is 3.75. The first-order chi connectivity index (χ1) is 8.02. The van der Waals surface area contributed by atoms with E-state index in [-0.39, 0.29) is 0 Å². The highest BCUT2D eigenvalue weighted by Crippen LogP contribution is 2.56. The minimum atomic E-state index is 0.745. The van der Waals surface area contributed by atoms with Crippen LogP contribution in [-0.2, 0) is 0 Å². The molecule has 17 heavy (non-hydrogen) atoms. The summed E-state index contributed by atoms with van der Waals surface area (Å²) in [5.74, 6) is 2.76. The molecule has 1 spiro atoms. The summed E-state index contributed by atoms with van der Waals surface area (Å²) in [6.45, 7) is 10.8. The second-order valence-electron chi connectivity index (χ2n) is 7.46. The van der Waals surface area contributed by atoms with Gasteiger partial charge in [-0.2, -0.15) is 0 Å². The van der Waals surface area contributed by atoms with Gasteiger partial charge < -0.3 is 5.32 Å². The van der Waals surface area contributed by atoms with Crippen LogP contribution >= 0.6 is 0 Å². The highest BCUT2D eigenvalue weighted by Gasteiger charge is 2.48. The molecule has 100 valence electrons. The minimum absolute atomic E-state index is 0.745. The summed E-state index contributed by atoms with van der Waals surface area (Å²) in [4.78, 5) is 0. The normalized spacial score (nSPS) is 37.8. The fourth-order valence-electron chi connectivity index (χ4n) is 4.22. The lowest BCUT2D eigenvalue weighted by Crippen LogP contribution is -2.52. The zero-order valence-electron chi connectivity index (χ0n) is 12.3. The van der Waals surface area contributed by atoms with Crippen LogP contribution in [0.25, 0.3) is 0 Å². The van der Waals surface area contributed by atoms with Crippen molar-refractivity contribution in [1.82, 2.24) is 5.32 Å². The van der Waals surface area contributed by atoms with Crippen molar-refractivity contribution in [2.75, 3.05) is 6.54 Å². The molecule has 0 bridgehead atoms. The van der Waals surface area contributed by atoms with Gasteiger partial charge in [0.15, 0.2) is 0 Å². The Morgan fingerprint density at radius 2 is 1.76 bits per heavy atom. The third-order valence-corrected chi connectivity index (χ3v) is 5.08. The molecule has 1 saturated carbocycles. The van der Waals surface area contributed by atoms with Crippen molar-refractivity contribution in [2.24, 2.45) is 23.2 Å². The smallest absolute Gasteiger partial charge is 0.00748 e. The van der Waals surface area contributed by atoms with E-state index in [2.05, 4.69) is 33.0 Å². The van der Waals surface area contributed by atoms with Gasteiger partial charge in [0.25, 0.3) is 0 Å². The largest absolute Gasteiger partial charge is 0.314 e. The van der Waals surface area contributed by atoms with Crippen LogP contribution in [0.15, 0.2) is 0 Å². The second kappa shape index (κ2) is 5.30. The van der Waals surface area contributed by atoms with Gasteiger partial charge in [-0.1, -0.05) is 27.7 Å². The molecule has 1 aliphatic carbocycles. The molecular formula is C16H31N. The molecule has 2 fully saturated rings. The van der Waals surface area contributed by atoms with Crippen LogP contribution in [0.4, 0.5) is 0 Å². The van der Waals surface area contributed by atoms with E-state index in [0.29, 0.717) is 0 Å². The average Bonchev–Trinajstić information content (AvgIpc) is 2.24. The Labute approximate surface area is 108 Å². The molecule has 0 aromatic heterocycles. The Kier molecular flexibility index (Phi) is 4.18. The highest BCUT2D eigenvalue weighted by molar-refractivity contribution is 5.01. The quantitative estimate of drug-likeness (QED) is 0.771. The maximum Gasteiger partial charge on any atom is 0.00748 e. The molecule has 1 N–H and O–H groups in total. The number of rotatable bonds is 4. The zero-order chi connectivity index (χ0) is 12.5. The molecule has 1 nitrogen and oxygen atoms in total. The van der Waals surface area contributed by atoms with Crippen LogP contribution in [0.5, 0.6) is 0 Å². The summed E-state index contributed by atoms with van der Waals surface area (Å²) in [5.41, 5.74) is 0.745. The number of nitrogens with one attached hydrogen (secondary N) is 1. The van der Waals surface area contributed by atoms with Gasteiger partial charge in [-0.05, 0) is 68.2 Å². The van der Waals surface area contributed by atoms with E-state index in [9.17, 15) is 0 Å². The number of piperidine rings is 1. The van der Waals surface area contributed by atoms with Gasteiger partial charge in [0, 0.05) is 6.04 Å². The first-order valence-electron chi connectivity index (χ1n) is 7.75. The standard InChI is InChI=1S/C16H31N/c1-12(2)9-14-5-6-16(14)7-8-17-15(11-16)10-13(3)4/h12-15,17H,5-11H2,1-4H3. The van der Waals surface area contributed by atoms with Crippen LogP contribution in [0.3, 0.4) is 0 Å². The van der Waals surface area contributed by atoms with Crippen molar-refractivity contribution in [3.63, 3.8) is 0 Å². The summed E-state index contributed by atoms with van der Waals surface area (Å²) in [6, 6.07) is 0.804. The monoisotopic (exact) mass is 237 g/mol. The lowest BCUT2D eigenvalue weighted by Gasteiger charge is -2.55. The van der Waals surface area contributed by atoms with Crippen LogP contribution in [0.2, 0.25) is 0 Å². The first kappa shape index (κ1) is 13.4. The fourth-order valence-corrected chi connectivity index (χ4v) is 4.22. The predicted molar refractivity (Wildman–Crippen MR) is 75.1 cm³/mol. The molecule has 1 saturated heterocycles. The molecule has 1 heteroatoms. The summed E-state index contributed by atoms with van der Waals surface area (Å²) in [6.07, 6.45) is 8.76. The lowest BCUT2D eigenvalue weighted by atomic mass is 9.53. The van der Waals surface area contributed by atoms with E-state index >= 15 is 0 Å². The van der Waals surface area contributed by atoms with Gasteiger partial charge >= 0.3 is 0 Å². The zero-order valence-corrected chi connectivity index (χ0v) is 12.3. The van der Waals surface area contributed by atoms with Crippen LogP contribution in [-0.4, -0.2) is 12.6 Å². The van der Waals surface area contributed by atoms with E-state index < -0.39 is 0 Å². The summed E-state index contributed by atoms with van der Waals surface area (Å²) >= 11 is 0. The highest BCUT2D eigenvalue weighted by atomic mass is 14.9. The molecule has 2 rings (SSSR count). The molecule has 0 radical (unpaired) electrons. The first-order valence-corrected chi connectivity index (χ1v) is 7.75. The van der Waals surface area contributed by atoms with E-state index in [1.807, 2.05) is 0 Å². The number of hydrogen-bond acceptors (Lipinski definition) is 1. The van der Waals surface area contributed by atoms with Crippen LogP contribution in [0.1, 0.15) is 66.2 Å². The van der Waals surface area contributed by atoms with Crippen molar-refractivity contribution >= 4 is 0 Å². The van der Waals surface area contributed by atoms with Crippen molar-refractivity contribution < 1.29 is 0 Å². The van der Waals surface area contributed by atoms with Gasteiger partial charge in [0.2, 0.25) is 0 Å². The summed E-state index contributed by atoms with van der Waals surface area (Å²) in [7, 11) is 0. The molecular weight excluding hydrogens is 206 g/mol. The van der Waals surface area contributed by atoms with E-state index in [1.54, 1.807) is 0 Å². The van der Waals surface area contributed by atoms with Crippen LogP contribution in [0, 0.1) is 23.2 Å². The fraction of sp³-hybridized carbons (Fsp3) is 1.00. The third kappa shape index (κ3) is 3.05. The summed E-state index contributed by atoms with van der Waals surface area (Å²) in [5, 5.41) is 3.75. The van der Waals surface area contributed by atoms with Crippen LogP contribution < -0.4 is 5.32 Å². The Bertz CT molecular complexity index is 246. The van der Waals surface area contributed by atoms with Gasteiger partial charge in [-0.25, -0.2) is 0 Å². The Hall–Kier alpha value is -0.0400. The molecule has 3 unspecified atom stereocenters. The van der Waals surface area contributed by atoms with Gasteiger partial charge in [-0.3, -0.25) is 0 Å². The van der Waals surface area contributed by atoms with Gasteiger partial charge in [0.1, 0.15) is 0 Å². The SMILES string of the molecule is CC(C)CC1CC2(CCN1)CCC2CC(C)C. The Balaban J connectivity index is 1.91. The molecule has 0 aromatic rings. The van der Waals surface area contributed by atoms with Gasteiger partial charge in [0.05, 0.1) is 0 Å². The lowest BCUT2D eigenvalue weighted by molar-refractivity contribution is -0.0308. The molecule has 0 amide bonds. The Morgan fingerprint density at radius 3 is 2.29 bits per heavy atom. The van der Waals surface area contributed by atoms with Crippen molar-refractivity contribution in [1.29, 1.82) is 0 Å². The van der Waals surface area contributed by atoms with Crippen molar-refractivity contribution in [3.05, 3.63) is 0 Å². The molecule has 2 aliphatic rings. The topological polar surface area (TPSA) is 12.0 Å². The molecule has 1 aliphatic heterocycles.